The summed E-state index contributed by atoms with van der Waals surface area (Å²) in [6, 6.07) is 10.0. The number of aromatic nitrogens is 1. The molecule has 1 aliphatic heterocycles. The minimum absolute atomic E-state index is 0.128. The summed E-state index contributed by atoms with van der Waals surface area (Å²) in [7, 11) is 0. The van der Waals surface area contributed by atoms with Crippen molar-refractivity contribution < 1.29 is 13.9 Å². The highest BCUT2D eigenvalue weighted by molar-refractivity contribution is 5.78. The Morgan fingerprint density at radius 2 is 2.00 bits per heavy atom. The molecule has 2 aliphatic rings. The average molecular weight is 354 g/mol. The fourth-order valence-corrected chi connectivity index (χ4v) is 3.58. The Morgan fingerprint density at radius 3 is 2.62 bits per heavy atom. The van der Waals surface area contributed by atoms with Gasteiger partial charge in [0, 0.05) is 30.9 Å². The highest BCUT2D eigenvalue weighted by atomic mass is 19.1. The van der Waals surface area contributed by atoms with Crippen LogP contribution >= 0.6 is 0 Å². The van der Waals surface area contributed by atoms with E-state index < -0.39 is 0 Å². The number of halogens is 1. The number of likely N-dealkylation sites (tertiary alicyclic amines) is 1. The van der Waals surface area contributed by atoms with Crippen LogP contribution in [0.3, 0.4) is 0 Å². The predicted molar refractivity (Wildman–Crippen MR) is 95.7 cm³/mol. The van der Waals surface area contributed by atoms with E-state index in [-0.39, 0.29) is 23.9 Å². The lowest BCUT2D eigenvalue weighted by atomic mass is 9.95. The molecule has 1 saturated carbocycles. The molecule has 2 aromatic rings. The molecule has 1 amide bonds. The van der Waals surface area contributed by atoms with Crippen LogP contribution in [-0.4, -0.2) is 28.9 Å². The van der Waals surface area contributed by atoms with Gasteiger partial charge in [-0.3, -0.25) is 9.78 Å². The average Bonchev–Trinajstić information content (AvgIpc) is 3.40. The summed E-state index contributed by atoms with van der Waals surface area (Å²) in [6.07, 6.45) is 7.02. The molecule has 4 rings (SSSR count). The number of carbonyl (C=O) groups is 1. The molecule has 26 heavy (non-hydrogen) atoms. The Bertz CT molecular complexity index is 746. The molecule has 136 valence electrons. The quantitative estimate of drug-likeness (QED) is 0.753. The van der Waals surface area contributed by atoms with Gasteiger partial charge >= 0.3 is 0 Å². The van der Waals surface area contributed by atoms with Gasteiger partial charge in [0.25, 0.3) is 0 Å². The van der Waals surface area contributed by atoms with Crippen molar-refractivity contribution in [3.05, 3.63) is 65.7 Å². The fourth-order valence-electron chi connectivity index (χ4n) is 3.58. The normalized spacial score (nSPS) is 19.6. The van der Waals surface area contributed by atoms with Crippen molar-refractivity contribution in [2.75, 3.05) is 13.2 Å². The highest BCUT2D eigenvalue weighted by Crippen LogP contribution is 2.41. The summed E-state index contributed by atoms with van der Waals surface area (Å²) in [4.78, 5) is 18.7. The molecule has 1 saturated heterocycles. The van der Waals surface area contributed by atoms with Crippen molar-refractivity contribution in [1.82, 2.24) is 9.88 Å². The third kappa shape index (κ3) is 3.78. The fraction of sp³-hybridized carbons (Fsp3) is 0.429. The van der Waals surface area contributed by atoms with Gasteiger partial charge in [-0.2, -0.15) is 0 Å². The second-order valence-electron chi connectivity index (χ2n) is 7.17. The number of hydrogen-bond donors (Lipinski definition) is 0. The van der Waals surface area contributed by atoms with Crippen LogP contribution in [0.4, 0.5) is 4.39 Å². The Kier molecular flexibility index (Phi) is 4.98. The lowest BCUT2D eigenvalue weighted by molar-refractivity contribution is -0.133. The third-order valence-electron chi connectivity index (χ3n) is 5.17. The number of ether oxygens (including phenoxy) is 1. The van der Waals surface area contributed by atoms with E-state index in [0.717, 1.165) is 17.5 Å². The van der Waals surface area contributed by atoms with E-state index in [9.17, 15) is 9.18 Å². The SMILES string of the molecule is O=C1CCCN1[C@@H](c1ccc(F)cc1)C(OCC1CC1)c1cccnc1. The summed E-state index contributed by atoms with van der Waals surface area (Å²) in [5.41, 5.74) is 1.84. The van der Waals surface area contributed by atoms with Crippen LogP contribution in [0, 0.1) is 11.7 Å². The van der Waals surface area contributed by atoms with Crippen LogP contribution in [0.15, 0.2) is 48.8 Å². The lowest BCUT2D eigenvalue weighted by Gasteiger charge is -2.35. The lowest BCUT2D eigenvalue weighted by Crippen LogP contribution is -2.35. The van der Waals surface area contributed by atoms with Gasteiger partial charge in [0.05, 0.1) is 12.6 Å². The summed E-state index contributed by atoms with van der Waals surface area (Å²) < 4.78 is 19.8. The summed E-state index contributed by atoms with van der Waals surface area (Å²) in [5, 5.41) is 0. The molecule has 0 radical (unpaired) electrons. The van der Waals surface area contributed by atoms with E-state index in [1.54, 1.807) is 24.5 Å². The van der Waals surface area contributed by atoms with Crippen LogP contribution in [0.2, 0.25) is 0 Å². The monoisotopic (exact) mass is 354 g/mol. The van der Waals surface area contributed by atoms with Crippen molar-refractivity contribution in [1.29, 1.82) is 0 Å². The molecule has 2 atom stereocenters. The van der Waals surface area contributed by atoms with Gasteiger partial charge in [-0.25, -0.2) is 4.39 Å². The van der Waals surface area contributed by atoms with E-state index in [0.29, 0.717) is 25.5 Å². The number of pyridine rings is 1. The second-order valence-corrected chi connectivity index (χ2v) is 7.17. The van der Waals surface area contributed by atoms with Crippen LogP contribution in [0.5, 0.6) is 0 Å². The summed E-state index contributed by atoms with van der Waals surface area (Å²) >= 11 is 0. The van der Waals surface area contributed by atoms with Gasteiger partial charge in [-0.1, -0.05) is 18.2 Å². The van der Waals surface area contributed by atoms with Gasteiger partial charge in [-0.05, 0) is 48.9 Å². The molecule has 0 bridgehead atoms. The zero-order valence-corrected chi connectivity index (χ0v) is 14.7. The van der Waals surface area contributed by atoms with E-state index in [2.05, 4.69) is 4.98 Å². The number of rotatable bonds is 7. The molecule has 5 heteroatoms. The van der Waals surface area contributed by atoms with Crippen molar-refractivity contribution in [3.8, 4) is 0 Å². The van der Waals surface area contributed by atoms with E-state index in [4.69, 9.17) is 4.74 Å². The summed E-state index contributed by atoms with van der Waals surface area (Å²) in [5.74, 6) is 0.456. The minimum atomic E-state index is -0.309. The van der Waals surface area contributed by atoms with Gasteiger partial charge in [0.15, 0.2) is 0 Å². The Balaban J connectivity index is 1.71. The van der Waals surface area contributed by atoms with Crippen molar-refractivity contribution in [2.45, 2.75) is 37.8 Å². The van der Waals surface area contributed by atoms with Crippen LogP contribution < -0.4 is 0 Å². The second kappa shape index (κ2) is 7.54. The van der Waals surface area contributed by atoms with Gasteiger partial charge < -0.3 is 9.64 Å². The first-order valence-electron chi connectivity index (χ1n) is 9.29. The first kappa shape index (κ1) is 17.2. The largest absolute Gasteiger partial charge is 0.371 e. The molecule has 1 aromatic carbocycles. The zero-order valence-electron chi connectivity index (χ0n) is 14.7. The Labute approximate surface area is 153 Å². The van der Waals surface area contributed by atoms with Gasteiger partial charge in [0.2, 0.25) is 5.91 Å². The smallest absolute Gasteiger partial charge is 0.223 e. The van der Waals surface area contributed by atoms with Crippen LogP contribution in [0.1, 0.15) is 49.0 Å². The minimum Gasteiger partial charge on any atom is -0.371 e. The van der Waals surface area contributed by atoms with Crippen molar-refractivity contribution in [2.24, 2.45) is 5.92 Å². The molecule has 2 heterocycles. The number of carbonyl (C=O) groups excluding carboxylic acids is 1. The summed E-state index contributed by atoms with van der Waals surface area (Å²) in [6.45, 7) is 1.38. The molecule has 1 unspecified atom stereocenters. The maximum Gasteiger partial charge on any atom is 0.223 e. The Hall–Kier alpha value is -2.27. The standard InChI is InChI=1S/C21H23FN2O2/c22-18-9-7-16(8-10-18)20(24-12-2-4-19(24)25)21(26-14-15-5-6-15)17-3-1-11-23-13-17/h1,3,7-11,13,15,20-21H,2,4-6,12,14H2/t20-,21?/m0/s1. The topological polar surface area (TPSA) is 42.4 Å². The van der Waals surface area contributed by atoms with E-state index in [1.165, 1.54) is 25.0 Å². The maximum absolute atomic E-state index is 13.5. The van der Waals surface area contributed by atoms with Crippen LogP contribution in [0.25, 0.3) is 0 Å². The van der Waals surface area contributed by atoms with Gasteiger partial charge in [-0.15, -0.1) is 0 Å². The molecule has 4 nitrogen and oxygen atoms in total. The molecule has 0 N–H and O–H groups in total. The van der Waals surface area contributed by atoms with Gasteiger partial charge in [0.1, 0.15) is 11.9 Å². The van der Waals surface area contributed by atoms with E-state index in [1.807, 2.05) is 17.0 Å². The molecule has 0 spiro atoms. The van der Waals surface area contributed by atoms with Crippen molar-refractivity contribution >= 4 is 5.91 Å². The zero-order chi connectivity index (χ0) is 17.9. The molecular formula is C21H23FN2O2. The number of nitrogens with zero attached hydrogens (tertiary/aromatic N) is 2. The first-order valence-corrected chi connectivity index (χ1v) is 9.29. The molecule has 1 aromatic heterocycles. The predicted octanol–water partition coefficient (Wildman–Crippen LogP) is 4.05. The van der Waals surface area contributed by atoms with Crippen LogP contribution in [-0.2, 0) is 9.53 Å². The highest BCUT2D eigenvalue weighted by Gasteiger charge is 2.37. The number of hydrogen-bond acceptors (Lipinski definition) is 3. The van der Waals surface area contributed by atoms with E-state index >= 15 is 0 Å². The maximum atomic E-state index is 13.5. The third-order valence-corrected chi connectivity index (χ3v) is 5.17. The Morgan fingerprint density at radius 1 is 1.19 bits per heavy atom. The molecule has 2 fully saturated rings. The number of benzene rings is 1. The molecule has 1 aliphatic carbocycles. The number of amides is 1. The molecular weight excluding hydrogens is 331 g/mol. The van der Waals surface area contributed by atoms with Crippen molar-refractivity contribution in [3.63, 3.8) is 0 Å². The first-order chi connectivity index (χ1) is 12.7.